The van der Waals surface area contributed by atoms with E-state index in [1.54, 1.807) is 13.2 Å². The molecule has 0 aromatic heterocycles. The highest BCUT2D eigenvalue weighted by molar-refractivity contribution is 9.10. The molecule has 4 heteroatoms. The van der Waals surface area contributed by atoms with Gasteiger partial charge in [-0.2, -0.15) is 0 Å². The highest BCUT2D eigenvalue weighted by Crippen LogP contribution is 2.27. The molecule has 0 unspecified atom stereocenters. The Hall–Kier alpha value is -0.350. The normalized spacial score (nSPS) is 9.93. The molecule has 0 heterocycles. The van der Waals surface area contributed by atoms with Gasteiger partial charge in [0.15, 0.2) is 5.78 Å². The molecule has 0 radical (unpaired) electrons. The van der Waals surface area contributed by atoms with Crippen molar-refractivity contribution in [2.24, 2.45) is 0 Å². The summed E-state index contributed by atoms with van der Waals surface area (Å²) in [5.74, 6) is 0.691. The van der Waals surface area contributed by atoms with Crippen molar-refractivity contribution in [3.05, 3.63) is 28.2 Å². The van der Waals surface area contributed by atoms with Gasteiger partial charge in [-0.15, -0.1) is 0 Å². The first kappa shape index (κ1) is 11.7. The third kappa shape index (κ3) is 2.58. The molecule has 0 atom stereocenters. The molecule has 0 aliphatic heterocycles. The van der Waals surface area contributed by atoms with Gasteiger partial charge in [-0.1, -0.05) is 22.0 Å². The number of ether oxygens (including phenoxy) is 1. The molecule has 0 spiro atoms. The van der Waals surface area contributed by atoms with Crippen molar-refractivity contribution in [3.63, 3.8) is 0 Å². The van der Waals surface area contributed by atoms with Crippen LogP contribution in [0.1, 0.15) is 16.8 Å². The molecule has 0 aliphatic carbocycles. The van der Waals surface area contributed by atoms with E-state index in [4.69, 9.17) is 4.74 Å². The second-order valence-corrected chi connectivity index (χ2v) is 4.33. The largest absolute Gasteiger partial charge is 0.496 e. The van der Waals surface area contributed by atoms with Gasteiger partial charge in [0.1, 0.15) is 5.75 Å². The quantitative estimate of drug-likeness (QED) is 0.627. The van der Waals surface area contributed by atoms with Gasteiger partial charge in [0.05, 0.1) is 12.7 Å². The van der Waals surface area contributed by atoms with Crippen LogP contribution in [0.25, 0.3) is 0 Å². The zero-order valence-corrected chi connectivity index (χ0v) is 10.9. The van der Waals surface area contributed by atoms with Crippen molar-refractivity contribution >= 4 is 37.6 Å². The van der Waals surface area contributed by atoms with Crippen molar-refractivity contribution < 1.29 is 9.53 Å². The molecule has 2 nitrogen and oxygen atoms in total. The molecule has 0 bridgehead atoms. The van der Waals surface area contributed by atoms with Gasteiger partial charge in [-0.25, -0.2) is 0 Å². The van der Waals surface area contributed by atoms with E-state index in [-0.39, 0.29) is 5.78 Å². The van der Waals surface area contributed by atoms with Gasteiger partial charge < -0.3 is 4.74 Å². The van der Waals surface area contributed by atoms with Crippen LogP contribution < -0.4 is 4.74 Å². The lowest BCUT2D eigenvalue weighted by Gasteiger charge is -2.08. The molecule has 0 fully saturated rings. The van der Waals surface area contributed by atoms with Crippen molar-refractivity contribution in [1.29, 1.82) is 0 Å². The van der Waals surface area contributed by atoms with E-state index in [1.807, 2.05) is 12.1 Å². The van der Waals surface area contributed by atoms with Crippen molar-refractivity contribution in [2.45, 2.75) is 6.42 Å². The third-order valence-electron chi connectivity index (χ3n) is 1.80. The van der Waals surface area contributed by atoms with Gasteiger partial charge in [-0.3, -0.25) is 4.79 Å². The molecule has 0 N–H and O–H groups in total. The van der Waals surface area contributed by atoms with Gasteiger partial charge in [0, 0.05) is 16.2 Å². The molecule has 0 saturated carbocycles. The van der Waals surface area contributed by atoms with E-state index < -0.39 is 0 Å². The van der Waals surface area contributed by atoms with E-state index in [2.05, 4.69) is 31.9 Å². The summed E-state index contributed by atoms with van der Waals surface area (Å²) < 4.78 is 5.91. The Morgan fingerprint density at radius 2 is 2.21 bits per heavy atom. The standard InChI is InChI=1S/C10H10Br2O2/c1-14-9-4-2-3-7(12)10(9)8(13)5-6-11/h2-4H,5-6H2,1H3. The second-order valence-electron chi connectivity index (χ2n) is 2.68. The predicted octanol–water partition coefficient (Wildman–Crippen LogP) is 3.43. The summed E-state index contributed by atoms with van der Waals surface area (Å²) in [5.41, 5.74) is 0.620. The molecule has 76 valence electrons. The lowest BCUT2D eigenvalue weighted by Crippen LogP contribution is -2.03. The van der Waals surface area contributed by atoms with E-state index in [0.29, 0.717) is 23.1 Å². The summed E-state index contributed by atoms with van der Waals surface area (Å²) in [6.45, 7) is 0. The third-order valence-corrected chi connectivity index (χ3v) is 2.85. The summed E-state index contributed by atoms with van der Waals surface area (Å²) in [6, 6.07) is 5.46. The van der Waals surface area contributed by atoms with Gasteiger partial charge in [0.25, 0.3) is 0 Å². The van der Waals surface area contributed by atoms with Crippen LogP contribution in [0.15, 0.2) is 22.7 Å². The first-order valence-corrected chi connectivity index (χ1v) is 6.03. The number of hydrogen-bond donors (Lipinski definition) is 0. The van der Waals surface area contributed by atoms with Crippen molar-refractivity contribution in [1.82, 2.24) is 0 Å². The van der Waals surface area contributed by atoms with E-state index in [0.717, 1.165) is 4.47 Å². The monoisotopic (exact) mass is 320 g/mol. The Kier molecular flexibility index (Phi) is 4.62. The Balaban J connectivity index is 3.10. The number of halogens is 2. The van der Waals surface area contributed by atoms with Crippen LogP contribution in [-0.2, 0) is 0 Å². The fraction of sp³-hybridized carbons (Fsp3) is 0.300. The molecule has 0 amide bonds. The first-order chi connectivity index (χ1) is 6.70. The van der Waals surface area contributed by atoms with Crippen LogP contribution in [0.5, 0.6) is 5.75 Å². The topological polar surface area (TPSA) is 26.3 Å². The Morgan fingerprint density at radius 1 is 1.50 bits per heavy atom. The lowest BCUT2D eigenvalue weighted by molar-refractivity contribution is 0.0986. The number of carbonyl (C=O) groups is 1. The molecule has 0 saturated heterocycles. The number of Topliss-reactive ketones (excluding diaryl/α,β-unsaturated/α-hetero) is 1. The fourth-order valence-corrected chi connectivity index (χ4v) is 2.09. The maximum atomic E-state index is 11.7. The molecule has 1 rings (SSSR count). The summed E-state index contributed by atoms with van der Waals surface area (Å²) in [4.78, 5) is 11.7. The predicted molar refractivity (Wildman–Crippen MR) is 63.4 cm³/mol. The number of methoxy groups -OCH3 is 1. The molecule has 0 aliphatic rings. The van der Waals surface area contributed by atoms with Crippen LogP contribution in [0.4, 0.5) is 0 Å². The zero-order valence-electron chi connectivity index (χ0n) is 7.72. The molecular formula is C10H10Br2O2. The van der Waals surface area contributed by atoms with Crippen LogP contribution in [0.2, 0.25) is 0 Å². The number of ketones is 1. The SMILES string of the molecule is COc1cccc(Br)c1C(=O)CCBr. The minimum Gasteiger partial charge on any atom is -0.496 e. The first-order valence-electron chi connectivity index (χ1n) is 4.12. The van der Waals surface area contributed by atoms with E-state index in [9.17, 15) is 4.79 Å². The highest BCUT2D eigenvalue weighted by Gasteiger charge is 2.14. The van der Waals surface area contributed by atoms with Crippen molar-refractivity contribution in [3.8, 4) is 5.75 Å². The van der Waals surface area contributed by atoms with Gasteiger partial charge in [0.2, 0.25) is 0 Å². The van der Waals surface area contributed by atoms with E-state index in [1.165, 1.54) is 0 Å². The number of rotatable bonds is 4. The maximum Gasteiger partial charge on any atom is 0.168 e. The number of carbonyl (C=O) groups excluding carboxylic acids is 1. The van der Waals surface area contributed by atoms with Crippen LogP contribution in [0.3, 0.4) is 0 Å². The summed E-state index contributed by atoms with van der Waals surface area (Å²) in [7, 11) is 1.56. The average molecular weight is 322 g/mol. The minimum atomic E-state index is 0.0752. The maximum absolute atomic E-state index is 11.7. The van der Waals surface area contributed by atoms with Crippen LogP contribution in [0, 0.1) is 0 Å². The summed E-state index contributed by atoms with van der Waals surface area (Å²) in [5, 5.41) is 0.663. The Bertz CT molecular complexity index is 337. The van der Waals surface area contributed by atoms with Gasteiger partial charge in [-0.05, 0) is 28.1 Å². The average Bonchev–Trinajstić information content (AvgIpc) is 2.17. The van der Waals surface area contributed by atoms with E-state index >= 15 is 0 Å². The number of hydrogen-bond acceptors (Lipinski definition) is 2. The summed E-state index contributed by atoms with van der Waals surface area (Å²) >= 11 is 6.58. The smallest absolute Gasteiger partial charge is 0.168 e. The molecule has 1 aromatic rings. The molecule has 1 aromatic carbocycles. The molecule has 14 heavy (non-hydrogen) atoms. The Morgan fingerprint density at radius 3 is 2.79 bits per heavy atom. The lowest BCUT2D eigenvalue weighted by atomic mass is 10.1. The number of benzene rings is 1. The Labute approximate surface area is 99.9 Å². The van der Waals surface area contributed by atoms with Crippen molar-refractivity contribution in [2.75, 3.05) is 12.4 Å². The van der Waals surface area contributed by atoms with Crippen LogP contribution >= 0.6 is 31.9 Å². The molecular weight excluding hydrogens is 312 g/mol. The van der Waals surface area contributed by atoms with Crippen LogP contribution in [-0.4, -0.2) is 18.2 Å². The van der Waals surface area contributed by atoms with Gasteiger partial charge >= 0.3 is 0 Å². The second kappa shape index (κ2) is 5.51. The zero-order chi connectivity index (χ0) is 10.6. The highest BCUT2D eigenvalue weighted by atomic mass is 79.9. The number of alkyl halides is 1. The fourth-order valence-electron chi connectivity index (χ4n) is 1.16. The minimum absolute atomic E-state index is 0.0752. The summed E-state index contributed by atoms with van der Waals surface area (Å²) in [6.07, 6.45) is 0.471.